The van der Waals surface area contributed by atoms with Crippen molar-refractivity contribution in [2.75, 3.05) is 5.75 Å². The van der Waals surface area contributed by atoms with Crippen molar-refractivity contribution in [1.29, 1.82) is 0 Å². The molecule has 3 nitrogen and oxygen atoms in total. The van der Waals surface area contributed by atoms with Crippen LogP contribution in [0.4, 0.5) is 23.2 Å². The van der Waals surface area contributed by atoms with Gasteiger partial charge in [-0.05, 0) is 36.8 Å². The Labute approximate surface area is 144 Å². The molecule has 0 spiro atoms. The fourth-order valence-corrected chi connectivity index (χ4v) is 2.68. The number of nitrogens with zero attached hydrogens (tertiary/aromatic N) is 2. The van der Waals surface area contributed by atoms with E-state index in [0.29, 0.717) is 22.9 Å². The summed E-state index contributed by atoms with van der Waals surface area (Å²) in [5, 5.41) is 0.263. The minimum Gasteiger partial charge on any atom is -0.383 e. The molecule has 0 atom stereocenters. The second kappa shape index (κ2) is 7.40. The van der Waals surface area contributed by atoms with Gasteiger partial charge in [0.15, 0.2) is 0 Å². The molecule has 2 rings (SSSR count). The number of alkyl halides is 3. The van der Waals surface area contributed by atoms with Gasteiger partial charge in [0.25, 0.3) is 0 Å². The first-order chi connectivity index (χ1) is 11.2. The molecule has 0 unspecified atom stereocenters. The molecule has 9 heteroatoms. The molecule has 24 heavy (non-hydrogen) atoms. The molecule has 2 N–H and O–H groups in total. The van der Waals surface area contributed by atoms with E-state index in [-0.39, 0.29) is 21.6 Å². The summed E-state index contributed by atoms with van der Waals surface area (Å²) in [5.41, 5.74) is 6.47. The summed E-state index contributed by atoms with van der Waals surface area (Å²) in [6.07, 6.45) is -2.95. The van der Waals surface area contributed by atoms with Gasteiger partial charge in [0.1, 0.15) is 22.5 Å². The molecular weight excluding hydrogens is 366 g/mol. The third kappa shape index (κ3) is 5.10. The molecule has 0 aliphatic rings. The number of halogens is 5. The zero-order valence-electron chi connectivity index (χ0n) is 12.4. The predicted molar refractivity (Wildman–Crippen MR) is 87.5 cm³/mol. The van der Waals surface area contributed by atoms with Crippen LogP contribution in [0, 0.1) is 12.7 Å². The number of aryl methyl sites for hydroxylation is 1. The lowest BCUT2D eigenvalue weighted by atomic mass is 10.2. The Morgan fingerprint density at radius 3 is 2.62 bits per heavy atom. The Balaban J connectivity index is 2.32. The summed E-state index contributed by atoms with van der Waals surface area (Å²) in [4.78, 5) is 8.07. The largest absolute Gasteiger partial charge is 0.398 e. The average Bonchev–Trinajstić information content (AvgIpc) is 2.48. The van der Waals surface area contributed by atoms with Crippen LogP contribution < -0.4 is 5.73 Å². The van der Waals surface area contributed by atoms with Crippen LogP contribution in [0.2, 0.25) is 5.15 Å². The zero-order chi connectivity index (χ0) is 17.9. The summed E-state index contributed by atoms with van der Waals surface area (Å²) in [5.74, 6) is -1.76. The lowest BCUT2D eigenvalue weighted by molar-refractivity contribution is -0.105. The number of benzene rings is 1. The molecule has 0 bridgehead atoms. The molecule has 1 aromatic heterocycles. The normalized spacial score (nSPS) is 12.5. The Morgan fingerprint density at radius 2 is 2.04 bits per heavy atom. The van der Waals surface area contributed by atoms with Crippen molar-refractivity contribution < 1.29 is 17.6 Å². The molecule has 1 heterocycles. The van der Waals surface area contributed by atoms with E-state index in [4.69, 9.17) is 17.3 Å². The van der Waals surface area contributed by atoms with Crippen molar-refractivity contribution >= 4 is 34.9 Å². The summed E-state index contributed by atoms with van der Waals surface area (Å²) >= 11 is 6.24. The molecule has 0 radical (unpaired) electrons. The number of thioether (sulfide) groups is 1. The number of hydrogen-bond donors (Lipinski definition) is 1. The Hall–Kier alpha value is -1.80. The topological polar surface area (TPSA) is 51.3 Å². The number of hydrogen-bond acceptors (Lipinski definition) is 3. The number of amidine groups is 1. The fraction of sp³-hybridized carbons (Fsp3) is 0.200. The maximum atomic E-state index is 14.0. The SMILES string of the molecule is Cc1cc(F)c(/N=C(\N)c2ccc(Cl)nc2)cc1SCC(F)(F)F. The highest BCUT2D eigenvalue weighted by Gasteiger charge is 2.27. The monoisotopic (exact) mass is 377 g/mol. The first kappa shape index (κ1) is 18.5. The van der Waals surface area contributed by atoms with Gasteiger partial charge in [-0.2, -0.15) is 13.2 Å². The van der Waals surface area contributed by atoms with Crippen LogP contribution >= 0.6 is 23.4 Å². The summed E-state index contributed by atoms with van der Waals surface area (Å²) in [6.45, 7) is 1.53. The third-order valence-corrected chi connectivity index (χ3v) is 4.35. The van der Waals surface area contributed by atoms with Gasteiger partial charge in [0.05, 0.1) is 5.75 Å². The quantitative estimate of drug-likeness (QED) is 0.272. The van der Waals surface area contributed by atoms with E-state index in [2.05, 4.69) is 9.98 Å². The van der Waals surface area contributed by atoms with Gasteiger partial charge < -0.3 is 5.73 Å². The van der Waals surface area contributed by atoms with E-state index in [9.17, 15) is 17.6 Å². The molecule has 1 aromatic carbocycles. The molecular formula is C15H12ClF4N3S. The summed E-state index contributed by atoms with van der Waals surface area (Å²) in [6, 6.07) is 5.43. The van der Waals surface area contributed by atoms with Gasteiger partial charge in [-0.3, -0.25) is 0 Å². The van der Waals surface area contributed by atoms with Crippen molar-refractivity contribution in [3.05, 3.63) is 52.6 Å². The molecule has 0 amide bonds. The average molecular weight is 378 g/mol. The van der Waals surface area contributed by atoms with Gasteiger partial charge in [0, 0.05) is 16.7 Å². The minimum atomic E-state index is -4.32. The van der Waals surface area contributed by atoms with Gasteiger partial charge >= 0.3 is 6.18 Å². The second-order valence-electron chi connectivity index (χ2n) is 4.84. The van der Waals surface area contributed by atoms with E-state index in [1.54, 1.807) is 6.07 Å². The standard InChI is InChI=1S/C15H12ClF4N3S/c1-8-4-10(17)11(5-12(8)24-7-15(18,19)20)23-14(21)9-2-3-13(16)22-6-9/h2-6H,7H2,1H3,(H2,21,23). The van der Waals surface area contributed by atoms with Crippen molar-refractivity contribution in [2.24, 2.45) is 10.7 Å². The van der Waals surface area contributed by atoms with Gasteiger partial charge in [-0.15, -0.1) is 11.8 Å². The maximum absolute atomic E-state index is 14.0. The van der Waals surface area contributed by atoms with E-state index < -0.39 is 17.7 Å². The Morgan fingerprint density at radius 1 is 1.33 bits per heavy atom. The lowest BCUT2D eigenvalue weighted by Crippen LogP contribution is -2.13. The number of nitrogens with two attached hydrogens (primary N) is 1. The lowest BCUT2D eigenvalue weighted by Gasteiger charge is -2.10. The van der Waals surface area contributed by atoms with Crippen LogP contribution in [-0.2, 0) is 0 Å². The van der Waals surface area contributed by atoms with Crippen molar-refractivity contribution in [2.45, 2.75) is 18.0 Å². The van der Waals surface area contributed by atoms with Crippen LogP contribution in [0.3, 0.4) is 0 Å². The molecule has 128 valence electrons. The third-order valence-electron chi connectivity index (χ3n) is 2.90. The first-order valence-corrected chi connectivity index (χ1v) is 7.98. The highest BCUT2D eigenvalue weighted by atomic mass is 35.5. The first-order valence-electron chi connectivity index (χ1n) is 6.61. The molecule has 0 saturated carbocycles. The van der Waals surface area contributed by atoms with Crippen LogP contribution in [-0.4, -0.2) is 22.7 Å². The predicted octanol–water partition coefficient (Wildman–Crippen LogP) is 4.87. The Bertz CT molecular complexity index is 761. The molecule has 2 aromatic rings. The van der Waals surface area contributed by atoms with Crippen LogP contribution in [0.15, 0.2) is 40.4 Å². The van der Waals surface area contributed by atoms with E-state index in [1.165, 1.54) is 25.3 Å². The number of rotatable bonds is 4. The zero-order valence-corrected chi connectivity index (χ0v) is 13.9. The van der Waals surface area contributed by atoms with Gasteiger partial charge in [0.2, 0.25) is 0 Å². The number of pyridine rings is 1. The minimum absolute atomic E-state index is 0.0197. The van der Waals surface area contributed by atoms with Crippen LogP contribution in [0.25, 0.3) is 0 Å². The fourth-order valence-electron chi connectivity index (χ4n) is 1.76. The van der Waals surface area contributed by atoms with Gasteiger partial charge in [-0.25, -0.2) is 14.4 Å². The summed E-state index contributed by atoms with van der Waals surface area (Å²) in [7, 11) is 0. The van der Waals surface area contributed by atoms with E-state index >= 15 is 0 Å². The molecule has 0 aliphatic carbocycles. The molecule has 0 fully saturated rings. The number of aromatic nitrogens is 1. The van der Waals surface area contributed by atoms with E-state index in [1.807, 2.05) is 0 Å². The molecule has 0 aliphatic heterocycles. The van der Waals surface area contributed by atoms with Crippen molar-refractivity contribution in [3.8, 4) is 0 Å². The van der Waals surface area contributed by atoms with E-state index in [0.717, 1.165) is 6.07 Å². The van der Waals surface area contributed by atoms with Crippen molar-refractivity contribution in [1.82, 2.24) is 4.98 Å². The summed E-state index contributed by atoms with van der Waals surface area (Å²) < 4.78 is 51.1. The smallest absolute Gasteiger partial charge is 0.383 e. The Kier molecular flexibility index (Phi) is 5.71. The maximum Gasteiger partial charge on any atom is 0.398 e. The van der Waals surface area contributed by atoms with Crippen LogP contribution in [0.1, 0.15) is 11.1 Å². The highest BCUT2D eigenvalue weighted by Crippen LogP contribution is 2.33. The highest BCUT2D eigenvalue weighted by molar-refractivity contribution is 7.99. The van der Waals surface area contributed by atoms with Crippen molar-refractivity contribution in [3.63, 3.8) is 0 Å². The number of aliphatic imine (C=N–C) groups is 1. The molecule has 0 saturated heterocycles. The van der Waals surface area contributed by atoms with Crippen LogP contribution in [0.5, 0.6) is 0 Å². The second-order valence-corrected chi connectivity index (χ2v) is 6.24. The van der Waals surface area contributed by atoms with Gasteiger partial charge in [-0.1, -0.05) is 11.6 Å².